The van der Waals surface area contributed by atoms with E-state index in [-0.39, 0.29) is 5.82 Å². The van der Waals surface area contributed by atoms with Crippen molar-refractivity contribution in [3.63, 3.8) is 0 Å². The highest BCUT2D eigenvalue weighted by molar-refractivity contribution is 5.68. The third-order valence-corrected chi connectivity index (χ3v) is 2.83. The molecule has 2 rings (SSSR count). The molecular weight excluding hydrogens is 208 g/mol. The van der Waals surface area contributed by atoms with E-state index in [0.29, 0.717) is 18.6 Å². The number of rotatable bonds is 4. The van der Waals surface area contributed by atoms with Crippen LogP contribution in [0.15, 0.2) is 4.52 Å². The molecule has 1 aromatic rings. The topological polar surface area (TPSA) is 62.5 Å². The summed E-state index contributed by atoms with van der Waals surface area (Å²) in [6, 6.07) is 0. The molecule has 0 amide bonds. The van der Waals surface area contributed by atoms with Gasteiger partial charge in [0.05, 0.1) is 0 Å². The Hall–Kier alpha value is -1.27. The Kier molecular flexibility index (Phi) is 3.63. The number of hydrogen-bond acceptors (Lipinski definition) is 6. The largest absolute Gasteiger partial charge is 0.339 e. The van der Waals surface area contributed by atoms with Crippen molar-refractivity contribution in [2.75, 3.05) is 39.8 Å². The quantitative estimate of drug-likeness (QED) is 0.653. The molecule has 0 spiro atoms. The van der Waals surface area contributed by atoms with E-state index >= 15 is 0 Å². The Morgan fingerprint density at radius 3 is 2.75 bits per heavy atom. The molecule has 1 aliphatic heterocycles. The lowest BCUT2D eigenvalue weighted by atomic mass is 10.3. The van der Waals surface area contributed by atoms with E-state index in [2.05, 4.69) is 27.0 Å². The van der Waals surface area contributed by atoms with Crippen LogP contribution in [-0.2, 0) is 6.42 Å². The van der Waals surface area contributed by atoms with Crippen molar-refractivity contribution in [1.29, 1.82) is 0 Å². The number of likely N-dealkylation sites (N-methyl/N-ethyl adjacent to an activating group) is 1. The van der Waals surface area contributed by atoms with Crippen LogP contribution >= 0.6 is 0 Å². The highest BCUT2D eigenvalue weighted by Gasteiger charge is 2.14. The van der Waals surface area contributed by atoms with Gasteiger partial charge in [0.1, 0.15) is 0 Å². The molecule has 1 aromatic heterocycles. The van der Waals surface area contributed by atoms with Crippen LogP contribution < -0.4 is 0 Å². The molecule has 1 saturated heterocycles. The van der Waals surface area contributed by atoms with Gasteiger partial charge in [0.15, 0.2) is 6.29 Å². The van der Waals surface area contributed by atoms with Crippen LogP contribution in [0, 0.1) is 0 Å². The molecule has 0 aromatic carbocycles. The Morgan fingerprint density at radius 2 is 2.12 bits per heavy atom. The minimum absolute atomic E-state index is 0.133. The second-order valence-corrected chi connectivity index (χ2v) is 4.06. The number of hydrogen-bond donors (Lipinski definition) is 0. The Bertz CT molecular complexity index is 344. The zero-order valence-electron chi connectivity index (χ0n) is 9.43. The van der Waals surface area contributed by atoms with Gasteiger partial charge in [-0.1, -0.05) is 5.16 Å². The molecule has 0 aliphatic carbocycles. The molecule has 0 N–H and O–H groups in total. The molecule has 0 unspecified atom stereocenters. The summed E-state index contributed by atoms with van der Waals surface area (Å²) in [4.78, 5) is 19.0. The summed E-state index contributed by atoms with van der Waals surface area (Å²) >= 11 is 0. The maximum atomic E-state index is 10.4. The van der Waals surface area contributed by atoms with Crippen LogP contribution in [0.2, 0.25) is 0 Å². The van der Waals surface area contributed by atoms with Crippen LogP contribution in [0.5, 0.6) is 0 Å². The summed E-state index contributed by atoms with van der Waals surface area (Å²) in [7, 11) is 2.13. The Morgan fingerprint density at radius 1 is 1.38 bits per heavy atom. The van der Waals surface area contributed by atoms with Crippen LogP contribution in [-0.4, -0.2) is 66.0 Å². The first kappa shape index (κ1) is 11.2. The number of piperazine rings is 1. The van der Waals surface area contributed by atoms with Crippen LogP contribution in [0.4, 0.5) is 0 Å². The first-order valence-corrected chi connectivity index (χ1v) is 5.46. The third-order valence-electron chi connectivity index (χ3n) is 2.83. The first-order valence-electron chi connectivity index (χ1n) is 5.46. The van der Waals surface area contributed by atoms with E-state index in [1.807, 2.05) is 0 Å². The number of nitrogens with zero attached hydrogens (tertiary/aromatic N) is 4. The molecule has 6 nitrogen and oxygen atoms in total. The van der Waals surface area contributed by atoms with E-state index in [9.17, 15) is 4.79 Å². The maximum absolute atomic E-state index is 10.4. The van der Waals surface area contributed by atoms with Gasteiger partial charge in [0, 0.05) is 39.1 Å². The van der Waals surface area contributed by atoms with Crippen molar-refractivity contribution >= 4 is 6.29 Å². The van der Waals surface area contributed by atoms with E-state index < -0.39 is 0 Å². The molecule has 1 fully saturated rings. The molecular formula is C10H16N4O2. The van der Waals surface area contributed by atoms with Gasteiger partial charge in [0.2, 0.25) is 11.7 Å². The smallest absolute Gasteiger partial charge is 0.235 e. The van der Waals surface area contributed by atoms with Gasteiger partial charge >= 0.3 is 0 Å². The number of carbonyl (C=O) groups excluding carboxylic acids is 1. The standard InChI is InChI=1S/C10H16N4O2/c1-13-4-6-14(7-5-13)3-2-10-11-9(8-15)12-16-10/h8H,2-7H2,1H3. The second kappa shape index (κ2) is 5.18. The van der Waals surface area contributed by atoms with Gasteiger partial charge < -0.3 is 14.3 Å². The van der Waals surface area contributed by atoms with Crippen LogP contribution in [0.3, 0.4) is 0 Å². The first-order chi connectivity index (χ1) is 7.78. The zero-order chi connectivity index (χ0) is 11.4. The van der Waals surface area contributed by atoms with E-state index in [4.69, 9.17) is 4.52 Å². The van der Waals surface area contributed by atoms with Crippen molar-refractivity contribution in [2.45, 2.75) is 6.42 Å². The summed E-state index contributed by atoms with van der Waals surface area (Å²) in [6.07, 6.45) is 1.31. The molecule has 6 heteroatoms. The van der Waals surface area contributed by atoms with Gasteiger partial charge in [0.25, 0.3) is 0 Å². The van der Waals surface area contributed by atoms with Crippen LogP contribution in [0.1, 0.15) is 16.5 Å². The SMILES string of the molecule is CN1CCN(CCc2nc(C=O)no2)CC1. The Labute approximate surface area is 94.2 Å². The molecule has 0 bridgehead atoms. The number of carbonyl (C=O) groups is 1. The predicted molar refractivity (Wildman–Crippen MR) is 57.3 cm³/mol. The number of aldehydes is 1. The van der Waals surface area contributed by atoms with Crippen LogP contribution in [0.25, 0.3) is 0 Å². The zero-order valence-corrected chi connectivity index (χ0v) is 9.43. The van der Waals surface area contributed by atoms with E-state index in [0.717, 1.165) is 32.7 Å². The van der Waals surface area contributed by atoms with Crippen molar-refractivity contribution in [3.8, 4) is 0 Å². The van der Waals surface area contributed by atoms with Crippen molar-refractivity contribution in [2.24, 2.45) is 0 Å². The van der Waals surface area contributed by atoms with Gasteiger partial charge in [-0.05, 0) is 7.05 Å². The normalized spacial score (nSPS) is 18.8. The van der Waals surface area contributed by atoms with Gasteiger partial charge in [-0.25, -0.2) is 0 Å². The third kappa shape index (κ3) is 2.86. The fourth-order valence-corrected chi connectivity index (χ4v) is 1.74. The molecule has 1 aliphatic rings. The summed E-state index contributed by atoms with van der Waals surface area (Å²) in [5, 5.41) is 3.53. The van der Waals surface area contributed by atoms with Gasteiger partial charge in [-0.3, -0.25) is 4.79 Å². The van der Waals surface area contributed by atoms with E-state index in [1.165, 1.54) is 0 Å². The molecule has 0 atom stereocenters. The lowest BCUT2D eigenvalue weighted by Gasteiger charge is -2.31. The molecule has 16 heavy (non-hydrogen) atoms. The lowest BCUT2D eigenvalue weighted by molar-refractivity contribution is 0.111. The average Bonchev–Trinajstić information content (AvgIpc) is 2.76. The summed E-state index contributed by atoms with van der Waals surface area (Å²) < 4.78 is 4.94. The average molecular weight is 224 g/mol. The summed E-state index contributed by atoms with van der Waals surface area (Å²) in [5.74, 6) is 0.675. The maximum Gasteiger partial charge on any atom is 0.235 e. The fourth-order valence-electron chi connectivity index (χ4n) is 1.74. The minimum Gasteiger partial charge on any atom is -0.339 e. The van der Waals surface area contributed by atoms with E-state index in [1.54, 1.807) is 0 Å². The molecule has 0 saturated carbocycles. The minimum atomic E-state index is 0.133. The van der Waals surface area contributed by atoms with Crippen molar-refractivity contribution in [1.82, 2.24) is 19.9 Å². The summed E-state index contributed by atoms with van der Waals surface area (Å²) in [5.41, 5.74) is 0. The molecule has 0 radical (unpaired) electrons. The second-order valence-electron chi connectivity index (χ2n) is 4.06. The number of aromatic nitrogens is 2. The lowest BCUT2D eigenvalue weighted by Crippen LogP contribution is -2.45. The highest BCUT2D eigenvalue weighted by atomic mass is 16.5. The van der Waals surface area contributed by atoms with Gasteiger partial charge in [-0.2, -0.15) is 4.98 Å². The summed E-state index contributed by atoms with van der Waals surface area (Å²) in [6.45, 7) is 5.26. The van der Waals surface area contributed by atoms with Crippen molar-refractivity contribution in [3.05, 3.63) is 11.7 Å². The molecule has 88 valence electrons. The monoisotopic (exact) mass is 224 g/mol. The van der Waals surface area contributed by atoms with Crippen molar-refractivity contribution < 1.29 is 9.32 Å². The highest BCUT2D eigenvalue weighted by Crippen LogP contribution is 2.02. The Balaban J connectivity index is 1.76. The van der Waals surface area contributed by atoms with Gasteiger partial charge in [-0.15, -0.1) is 0 Å². The molecule has 2 heterocycles. The fraction of sp³-hybridized carbons (Fsp3) is 0.700. The predicted octanol–water partition coefficient (Wildman–Crippen LogP) is -0.328.